The fraction of sp³-hybridized carbons (Fsp3) is 0.688. The third kappa shape index (κ3) is 4.80. The van der Waals surface area contributed by atoms with Crippen molar-refractivity contribution < 1.29 is 22.7 Å². The summed E-state index contributed by atoms with van der Waals surface area (Å²) in [7, 11) is 0. The van der Waals surface area contributed by atoms with Gasteiger partial charge >= 0.3 is 6.18 Å². The third-order valence-corrected chi connectivity index (χ3v) is 4.87. The molecule has 1 aliphatic carbocycles. The lowest BCUT2D eigenvalue weighted by atomic mass is 9.54. The number of alkyl halides is 3. The molecule has 2 unspecified atom stereocenters. The fourth-order valence-electron chi connectivity index (χ4n) is 2.93. The van der Waals surface area contributed by atoms with Crippen LogP contribution in [0.15, 0.2) is 12.3 Å². The van der Waals surface area contributed by atoms with E-state index < -0.39 is 22.8 Å². The topological polar surface area (TPSA) is 102 Å². The highest BCUT2D eigenvalue weighted by Crippen LogP contribution is 2.49. The molecule has 0 aliphatic heterocycles. The standard InChI is InChI=1S/C16H24F3N5O2.ClH/c1-4-26-11-9-15(20,14(11,2)3)12(25)21-7-8-23-13-22-6-5-10(24-13)16(17,18)19;/h5-6,11H,4,7-9,20H2,1-3H3,(H,21,25)(H,22,23,24);1H. The Morgan fingerprint density at radius 3 is 2.63 bits per heavy atom. The molecule has 2 atom stereocenters. The maximum Gasteiger partial charge on any atom is 0.433 e. The second-order valence-electron chi connectivity index (χ2n) is 6.79. The van der Waals surface area contributed by atoms with Gasteiger partial charge in [-0.05, 0) is 13.0 Å². The summed E-state index contributed by atoms with van der Waals surface area (Å²) in [5.41, 5.74) is 3.66. The number of nitrogens with zero attached hydrogens (tertiary/aromatic N) is 2. The monoisotopic (exact) mass is 411 g/mol. The molecule has 1 aromatic rings. The fourth-order valence-corrected chi connectivity index (χ4v) is 2.93. The normalized spacial score (nSPS) is 23.7. The van der Waals surface area contributed by atoms with E-state index in [0.717, 1.165) is 12.3 Å². The maximum atomic E-state index is 12.6. The van der Waals surface area contributed by atoms with Crippen LogP contribution in [-0.4, -0.2) is 47.2 Å². The molecule has 1 heterocycles. The van der Waals surface area contributed by atoms with Gasteiger partial charge in [-0.15, -0.1) is 12.4 Å². The van der Waals surface area contributed by atoms with E-state index in [0.29, 0.717) is 13.0 Å². The Bertz CT molecular complexity index is 659. The van der Waals surface area contributed by atoms with Crippen molar-refractivity contribution in [3.8, 4) is 0 Å². The molecule has 1 aliphatic rings. The van der Waals surface area contributed by atoms with Gasteiger partial charge in [0.1, 0.15) is 11.2 Å². The number of rotatable bonds is 7. The van der Waals surface area contributed by atoms with Crippen molar-refractivity contribution in [3.63, 3.8) is 0 Å². The van der Waals surface area contributed by atoms with Crippen LogP contribution in [0, 0.1) is 5.41 Å². The molecule has 2 rings (SSSR count). The summed E-state index contributed by atoms with van der Waals surface area (Å²) in [6.07, 6.45) is -3.17. The number of aromatic nitrogens is 2. The summed E-state index contributed by atoms with van der Waals surface area (Å²) in [6.45, 7) is 6.53. The molecule has 0 aromatic carbocycles. The van der Waals surface area contributed by atoms with Crippen LogP contribution in [0.2, 0.25) is 0 Å². The summed E-state index contributed by atoms with van der Waals surface area (Å²) in [5, 5.41) is 5.35. The molecular weight excluding hydrogens is 387 g/mol. The highest BCUT2D eigenvalue weighted by Gasteiger charge is 2.62. The van der Waals surface area contributed by atoms with Crippen LogP contribution in [-0.2, 0) is 15.7 Å². The van der Waals surface area contributed by atoms with Crippen LogP contribution in [0.5, 0.6) is 0 Å². The number of hydrogen-bond donors (Lipinski definition) is 3. The predicted molar refractivity (Wildman–Crippen MR) is 96.5 cm³/mol. The van der Waals surface area contributed by atoms with E-state index in [2.05, 4.69) is 20.6 Å². The Morgan fingerprint density at radius 1 is 1.41 bits per heavy atom. The van der Waals surface area contributed by atoms with Gasteiger partial charge in [0, 0.05) is 37.7 Å². The highest BCUT2D eigenvalue weighted by atomic mass is 35.5. The van der Waals surface area contributed by atoms with E-state index in [1.165, 1.54) is 0 Å². The lowest BCUT2D eigenvalue weighted by Crippen LogP contribution is -2.75. The lowest BCUT2D eigenvalue weighted by molar-refractivity contribution is -0.170. The van der Waals surface area contributed by atoms with Crippen LogP contribution in [0.1, 0.15) is 32.9 Å². The number of nitrogens with two attached hydrogens (primary N) is 1. The van der Waals surface area contributed by atoms with Crippen molar-refractivity contribution >= 4 is 24.3 Å². The van der Waals surface area contributed by atoms with Crippen LogP contribution >= 0.6 is 12.4 Å². The van der Waals surface area contributed by atoms with E-state index >= 15 is 0 Å². The number of carbonyl (C=O) groups excluding carboxylic acids is 1. The zero-order valence-electron chi connectivity index (χ0n) is 15.4. The number of ether oxygens (including phenoxy) is 1. The molecule has 0 bridgehead atoms. The molecule has 1 amide bonds. The average molecular weight is 412 g/mol. The largest absolute Gasteiger partial charge is 0.433 e. The molecule has 11 heteroatoms. The van der Waals surface area contributed by atoms with E-state index in [9.17, 15) is 18.0 Å². The molecule has 0 radical (unpaired) electrons. The predicted octanol–water partition coefficient (Wildman–Crippen LogP) is 1.98. The van der Waals surface area contributed by atoms with Gasteiger partial charge in [-0.25, -0.2) is 9.97 Å². The summed E-state index contributed by atoms with van der Waals surface area (Å²) in [4.78, 5) is 19.5. The molecule has 1 fully saturated rings. The molecule has 27 heavy (non-hydrogen) atoms. The Labute approximate surface area is 162 Å². The summed E-state index contributed by atoms with van der Waals surface area (Å²) >= 11 is 0. The number of halogens is 4. The first-order valence-corrected chi connectivity index (χ1v) is 8.35. The Hall–Kier alpha value is -1.65. The van der Waals surface area contributed by atoms with Crippen molar-refractivity contribution in [2.45, 2.75) is 45.0 Å². The number of carbonyl (C=O) groups is 1. The molecular formula is C16H25ClF3N5O2. The maximum absolute atomic E-state index is 12.6. The van der Waals surface area contributed by atoms with Crippen LogP contribution in [0.25, 0.3) is 0 Å². The molecule has 1 saturated carbocycles. The Morgan fingerprint density at radius 2 is 2.07 bits per heavy atom. The molecule has 4 N–H and O–H groups in total. The Kier molecular flexibility index (Phi) is 7.43. The van der Waals surface area contributed by atoms with Gasteiger partial charge in [0.15, 0.2) is 0 Å². The van der Waals surface area contributed by atoms with Crippen LogP contribution in [0.4, 0.5) is 19.1 Å². The van der Waals surface area contributed by atoms with E-state index in [4.69, 9.17) is 10.5 Å². The minimum absolute atomic E-state index is 0. The second-order valence-corrected chi connectivity index (χ2v) is 6.79. The van der Waals surface area contributed by atoms with Crippen molar-refractivity contribution in [3.05, 3.63) is 18.0 Å². The van der Waals surface area contributed by atoms with Crippen molar-refractivity contribution in [1.29, 1.82) is 0 Å². The zero-order valence-corrected chi connectivity index (χ0v) is 16.2. The first-order valence-electron chi connectivity index (χ1n) is 8.35. The third-order valence-electron chi connectivity index (χ3n) is 4.87. The number of nitrogens with one attached hydrogen (secondary N) is 2. The Balaban J connectivity index is 0.00000364. The molecule has 154 valence electrons. The van der Waals surface area contributed by atoms with Gasteiger partial charge in [-0.1, -0.05) is 13.8 Å². The van der Waals surface area contributed by atoms with Gasteiger partial charge in [0.05, 0.1) is 6.10 Å². The highest BCUT2D eigenvalue weighted by molar-refractivity contribution is 5.88. The number of amides is 1. The zero-order chi connectivity index (χ0) is 19.6. The minimum atomic E-state index is -4.54. The first-order chi connectivity index (χ1) is 12.0. The molecule has 1 aromatic heterocycles. The quantitative estimate of drug-likeness (QED) is 0.593. The van der Waals surface area contributed by atoms with Crippen molar-refractivity contribution in [1.82, 2.24) is 15.3 Å². The summed E-state index contributed by atoms with van der Waals surface area (Å²) in [5.74, 6) is -0.470. The van der Waals surface area contributed by atoms with Gasteiger partial charge in [0.2, 0.25) is 11.9 Å². The van der Waals surface area contributed by atoms with Crippen LogP contribution in [0.3, 0.4) is 0 Å². The minimum Gasteiger partial charge on any atom is -0.378 e. The van der Waals surface area contributed by atoms with Gasteiger partial charge < -0.3 is 21.1 Å². The second kappa shape index (κ2) is 8.57. The van der Waals surface area contributed by atoms with Gasteiger partial charge in [0.25, 0.3) is 0 Å². The van der Waals surface area contributed by atoms with Crippen LogP contribution < -0.4 is 16.4 Å². The van der Waals surface area contributed by atoms with E-state index in [-0.39, 0.29) is 43.5 Å². The molecule has 0 spiro atoms. The van der Waals surface area contributed by atoms with E-state index in [1.54, 1.807) is 0 Å². The summed E-state index contributed by atoms with van der Waals surface area (Å²) < 4.78 is 43.4. The lowest BCUT2D eigenvalue weighted by Gasteiger charge is -2.57. The van der Waals surface area contributed by atoms with E-state index in [1.807, 2.05) is 20.8 Å². The number of hydrogen-bond acceptors (Lipinski definition) is 6. The first kappa shape index (κ1) is 23.4. The van der Waals surface area contributed by atoms with Crippen molar-refractivity contribution in [2.24, 2.45) is 11.1 Å². The molecule has 0 saturated heterocycles. The SMILES string of the molecule is CCOC1CC(N)(C(=O)NCCNc2nccc(C(F)(F)F)n2)C1(C)C.Cl. The van der Waals surface area contributed by atoms with Gasteiger partial charge in [-0.2, -0.15) is 13.2 Å². The smallest absolute Gasteiger partial charge is 0.378 e. The number of anilines is 1. The average Bonchev–Trinajstić information content (AvgIpc) is 2.57. The van der Waals surface area contributed by atoms with Gasteiger partial charge in [-0.3, -0.25) is 4.79 Å². The summed E-state index contributed by atoms with van der Waals surface area (Å²) in [6, 6.07) is 0.790. The van der Waals surface area contributed by atoms with Crippen molar-refractivity contribution in [2.75, 3.05) is 25.0 Å². The molecule has 7 nitrogen and oxygen atoms in total.